The Hall–Kier alpha value is -1.43. The number of phenols is 1. The molecule has 2 N–H and O–H groups in total. The number of benzene rings is 1. The molecule has 0 heterocycles. The van der Waals surface area contributed by atoms with Crippen LogP contribution in [0.3, 0.4) is 0 Å². The topological polar surface area (TPSA) is 75.4 Å². The van der Waals surface area contributed by atoms with Crippen LogP contribution in [0.25, 0.3) is 0 Å². The zero-order valence-corrected chi connectivity index (χ0v) is 10.5. The van der Waals surface area contributed by atoms with Gasteiger partial charge >= 0.3 is 0 Å². The number of anilines is 1. The van der Waals surface area contributed by atoms with Gasteiger partial charge in [0.1, 0.15) is 11.4 Å². The number of nitro benzene ring substituents is 1. The van der Waals surface area contributed by atoms with Crippen LogP contribution in [0.1, 0.15) is 12.8 Å². The number of hydrogen-bond donors (Lipinski definition) is 2. The molecule has 0 aliphatic heterocycles. The Labute approximate surface area is 104 Å². The van der Waals surface area contributed by atoms with E-state index in [0.29, 0.717) is 12.2 Å². The second kappa shape index (κ2) is 7.01. The largest absolute Gasteiger partial charge is 0.508 e. The highest BCUT2D eigenvalue weighted by Gasteiger charge is 2.13. The van der Waals surface area contributed by atoms with E-state index in [1.165, 1.54) is 12.1 Å². The van der Waals surface area contributed by atoms with Crippen LogP contribution >= 0.6 is 11.8 Å². The number of hydrogen-bond acceptors (Lipinski definition) is 5. The number of nitro groups is 1. The van der Waals surface area contributed by atoms with Gasteiger partial charge in [-0.15, -0.1) is 0 Å². The number of unbranched alkanes of at least 4 members (excludes halogenated alkanes) is 1. The van der Waals surface area contributed by atoms with Crippen LogP contribution in [0.15, 0.2) is 18.2 Å². The summed E-state index contributed by atoms with van der Waals surface area (Å²) >= 11 is 1.79. The average molecular weight is 256 g/mol. The summed E-state index contributed by atoms with van der Waals surface area (Å²) in [6, 6.07) is 4.13. The number of nitrogens with one attached hydrogen (secondary N) is 1. The SMILES string of the molecule is CSCCCCNc1ccc(O)cc1[N+](=O)[O-]. The molecule has 0 spiro atoms. The van der Waals surface area contributed by atoms with Crippen LogP contribution in [0.2, 0.25) is 0 Å². The van der Waals surface area contributed by atoms with Gasteiger partial charge in [0.2, 0.25) is 0 Å². The van der Waals surface area contributed by atoms with Crippen molar-refractivity contribution in [1.82, 2.24) is 0 Å². The first-order valence-corrected chi connectivity index (χ1v) is 6.74. The molecule has 5 nitrogen and oxygen atoms in total. The lowest BCUT2D eigenvalue weighted by molar-refractivity contribution is -0.384. The highest BCUT2D eigenvalue weighted by Crippen LogP contribution is 2.28. The van der Waals surface area contributed by atoms with Crippen molar-refractivity contribution in [3.63, 3.8) is 0 Å². The second-order valence-corrected chi connectivity index (χ2v) is 4.57. The minimum atomic E-state index is -0.496. The fourth-order valence-corrected chi connectivity index (χ4v) is 1.91. The van der Waals surface area contributed by atoms with Crippen LogP contribution < -0.4 is 5.32 Å². The molecule has 1 rings (SSSR count). The molecule has 94 valence electrons. The van der Waals surface area contributed by atoms with E-state index in [1.54, 1.807) is 11.8 Å². The third-order valence-corrected chi connectivity index (χ3v) is 2.97. The van der Waals surface area contributed by atoms with Gasteiger partial charge in [-0.05, 0) is 37.0 Å². The summed E-state index contributed by atoms with van der Waals surface area (Å²) in [4.78, 5) is 10.3. The van der Waals surface area contributed by atoms with Crippen LogP contribution in [-0.2, 0) is 0 Å². The van der Waals surface area contributed by atoms with Crippen LogP contribution in [-0.4, -0.2) is 28.6 Å². The molecule has 0 radical (unpaired) electrons. The number of nitrogens with zero attached hydrogens (tertiary/aromatic N) is 1. The molecule has 0 unspecified atom stereocenters. The van der Waals surface area contributed by atoms with Crippen molar-refractivity contribution in [3.8, 4) is 5.75 Å². The Balaban J connectivity index is 2.55. The molecule has 0 aliphatic carbocycles. The second-order valence-electron chi connectivity index (χ2n) is 3.59. The number of phenolic OH excluding ortho intramolecular Hbond substituents is 1. The van der Waals surface area contributed by atoms with Gasteiger partial charge in [0.05, 0.1) is 11.0 Å². The Morgan fingerprint density at radius 3 is 2.88 bits per heavy atom. The van der Waals surface area contributed by atoms with E-state index in [9.17, 15) is 15.2 Å². The molecule has 0 saturated heterocycles. The maximum Gasteiger partial charge on any atom is 0.296 e. The molecule has 1 aromatic carbocycles. The Morgan fingerprint density at radius 1 is 1.47 bits per heavy atom. The van der Waals surface area contributed by atoms with E-state index >= 15 is 0 Å². The third kappa shape index (κ3) is 4.52. The van der Waals surface area contributed by atoms with Gasteiger partial charge in [0.25, 0.3) is 5.69 Å². The molecule has 0 bridgehead atoms. The molecule has 0 saturated carbocycles. The molecule has 0 amide bonds. The lowest BCUT2D eigenvalue weighted by Gasteiger charge is -2.06. The van der Waals surface area contributed by atoms with Gasteiger partial charge in [-0.2, -0.15) is 11.8 Å². The zero-order chi connectivity index (χ0) is 12.7. The summed E-state index contributed by atoms with van der Waals surface area (Å²) in [6.45, 7) is 0.701. The summed E-state index contributed by atoms with van der Waals surface area (Å²) in [5.41, 5.74) is 0.367. The summed E-state index contributed by atoms with van der Waals surface area (Å²) in [5.74, 6) is 1.00. The Bertz CT molecular complexity index is 385. The predicted octanol–water partition coefficient (Wildman–Crippen LogP) is 2.86. The maximum absolute atomic E-state index is 10.8. The first kappa shape index (κ1) is 13.6. The molecule has 0 aromatic heterocycles. The summed E-state index contributed by atoms with van der Waals surface area (Å²) in [5, 5.41) is 23.0. The van der Waals surface area contributed by atoms with Crippen molar-refractivity contribution >= 4 is 23.1 Å². The monoisotopic (exact) mass is 256 g/mol. The minimum absolute atomic E-state index is 0.0881. The van der Waals surface area contributed by atoms with Gasteiger partial charge in [-0.1, -0.05) is 0 Å². The molecule has 0 fully saturated rings. The van der Waals surface area contributed by atoms with Crippen molar-refractivity contribution in [3.05, 3.63) is 28.3 Å². The van der Waals surface area contributed by atoms with Gasteiger partial charge in [-0.25, -0.2) is 0 Å². The highest BCUT2D eigenvalue weighted by atomic mass is 32.2. The zero-order valence-electron chi connectivity index (χ0n) is 9.68. The quantitative estimate of drug-likeness (QED) is 0.339. The van der Waals surface area contributed by atoms with Crippen molar-refractivity contribution in [1.29, 1.82) is 0 Å². The van der Waals surface area contributed by atoms with Crippen LogP contribution in [0.4, 0.5) is 11.4 Å². The van der Waals surface area contributed by atoms with E-state index in [2.05, 4.69) is 11.6 Å². The lowest BCUT2D eigenvalue weighted by Crippen LogP contribution is -2.04. The third-order valence-electron chi connectivity index (χ3n) is 2.27. The molecular formula is C11H16N2O3S. The fraction of sp³-hybridized carbons (Fsp3) is 0.455. The van der Waals surface area contributed by atoms with Gasteiger partial charge in [-0.3, -0.25) is 10.1 Å². The Morgan fingerprint density at radius 2 is 2.24 bits per heavy atom. The van der Waals surface area contributed by atoms with Crippen molar-refractivity contribution in [2.45, 2.75) is 12.8 Å². The van der Waals surface area contributed by atoms with E-state index < -0.39 is 4.92 Å². The van der Waals surface area contributed by atoms with E-state index in [-0.39, 0.29) is 11.4 Å². The molecular weight excluding hydrogens is 240 g/mol. The standard InChI is InChI=1S/C11H16N2O3S/c1-17-7-3-2-6-12-10-5-4-9(14)8-11(10)13(15)16/h4-5,8,12,14H,2-3,6-7H2,1H3. The van der Waals surface area contributed by atoms with Gasteiger partial charge in [0, 0.05) is 6.54 Å². The normalized spacial score (nSPS) is 10.2. The van der Waals surface area contributed by atoms with E-state index in [4.69, 9.17) is 0 Å². The Kier molecular flexibility index (Phi) is 5.62. The first-order chi connectivity index (χ1) is 8.15. The van der Waals surface area contributed by atoms with Crippen molar-refractivity contribution in [2.24, 2.45) is 0 Å². The predicted molar refractivity (Wildman–Crippen MR) is 70.9 cm³/mol. The van der Waals surface area contributed by atoms with Crippen molar-refractivity contribution in [2.75, 3.05) is 23.9 Å². The summed E-state index contributed by atoms with van der Waals surface area (Å²) < 4.78 is 0. The minimum Gasteiger partial charge on any atom is -0.508 e. The van der Waals surface area contributed by atoms with Crippen LogP contribution in [0, 0.1) is 10.1 Å². The molecule has 1 aromatic rings. The fourth-order valence-electron chi connectivity index (χ4n) is 1.42. The summed E-state index contributed by atoms with van der Waals surface area (Å²) in [6.07, 6.45) is 4.11. The first-order valence-electron chi connectivity index (χ1n) is 5.35. The lowest BCUT2D eigenvalue weighted by atomic mass is 10.2. The highest BCUT2D eigenvalue weighted by molar-refractivity contribution is 7.98. The van der Waals surface area contributed by atoms with Crippen molar-refractivity contribution < 1.29 is 10.0 Å². The smallest absolute Gasteiger partial charge is 0.296 e. The van der Waals surface area contributed by atoms with Crippen LogP contribution in [0.5, 0.6) is 5.75 Å². The summed E-state index contributed by atoms with van der Waals surface area (Å²) in [7, 11) is 0. The van der Waals surface area contributed by atoms with E-state index in [0.717, 1.165) is 24.7 Å². The molecule has 6 heteroatoms. The number of thioether (sulfide) groups is 1. The average Bonchev–Trinajstić information content (AvgIpc) is 2.30. The van der Waals surface area contributed by atoms with Gasteiger partial charge < -0.3 is 10.4 Å². The number of aromatic hydroxyl groups is 1. The molecule has 0 aliphatic rings. The van der Waals surface area contributed by atoms with E-state index in [1.807, 2.05) is 0 Å². The van der Waals surface area contributed by atoms with Gasteiger partial charge in [0.15, 0.2) is 0 Å². The molecule has 0 atom stereocenters. The molecule has 17 heavy (non-hydrogen) atoms. The maximum atomic E-state index is 10.8. The number of rotatable bonds is 7.